The predicted octanol–water partition coefficient (Wildman–Crippen LogP) is 3.81. The average Bonchev–Trinajstić information content (AvgIpc) is 3.04. The van der Waals surface area contributed by atoms with Crippen molar-refractivity contribution in [1.82, 2.24) is 14.9 Å². The molecule has 0 unspecified atom stereocenters. The highest BCUT2D eigenvalue weighted by Gasteiger charge is 2.24. The maximum absolute atomic E-state index is 13.0. The first-order valence-electron chi connectivity index (χ1n) is 10.4. The molecule has 4 rings (SSSR count). The summed E-state index contributed by atoms with van der Waals surface area (Å²) in [5.41, 5.74) is 6.93. The molecule has 1 fully saturated rings. The van der Waals surface area contributed by atoms with Gasteiger partial charge in [-0.2, -0.15) is 0 Å². The lowest BCUT2D eigenvalue weighted by atomic mass is 9.90. The molecule has 0 atom stereocenters. The van der Waals surface area contributed by atoms with Crippen molar-refractivity contribution in [1.29, 1.82) is 0 Å². The first-order chi connectivity index (χ1) is 13.9. The van der Waals surface area contributed by atoms with Gasteiger partial charge in [0.15, 0.2) is 0 Å². The standard InChI is InChI=1S/C24H29N3O2/c1-15-4-5-16(2)24-23(15)20(17(3)26-24)13-22(29)27-10-8-18(9-11-27)12-19-6-7-21(28)25-14-19/h4-7,14,18,26H,8-13H2,1-3H3,(H,25,28). The molecule has 152 valence electrons. The van der Waals surface area contributed by atoms with Crippen molar-refractivity contribution in [2.75, 3.05) is 13.1 Å². The highest BCUT2D eigenvalue weighted by Crippen LogP contribution is 2.29. The number of amides is 1. The van der Waals surface area contributed by atoms with Crippen molar-refractivity contribution in [2.24, 2.45) is 5.92 Å². The first-order valence-corrected chi connectivity index (χ1v) is 10.4. The molecule has 2 N–H and O–H groups in total. The van der Waals surface area contributed by atoms with Gasteiger partial charge < -0.3 is 14.9 Å². The third kappa shape index (κ3) is 4.00. The van der Waals surface area contributed by atoms with Crippen molar-refractivity contribution in [3.63, 3.8) is 0 Å². The molecule has 1 aliphatic rings. The van der Waals surface area contributed by atoms with E-state index < -0.39 is 0 Å². The van der Waals surface area contributed by atoms with Crippen LogP contribution in [0.2, 0.25) is 0 Å². The fourth-order valence-corrected chi connectivity index (χ4v) is 4.58. The molecule has 0 saturated carbocycles. The van der Waals surface area contributed by atoms with E-state index in [9.17, 15) is 9.59 Å². The van der Waals surface area contributed by atoms with Crippen LogP contribution in [-0.2, 0) is 17.6 Å². The Hall–Kier alpha value is -2.82. The Balaban J connectivity index is 1.41. The van der Waals surface area contributed by atoms with Gasteiger partial charge in [0, 0.05) is 41.9 Å². The monoisotopic (exact) mass is 391 g/mol. The average molecular weight is 392 g/mol. The summed E-state index contributed by atoms with van der Waals surface area (Å²) in [6, 6.07) is 7.76. The van der Waals surface area contributed by atoms with Gasteiger partial charge in [0.1, 0.15) is 0 Å². The summed E-state index contributed by atoms with van der Waals surface area (Å²) < 4.78 is 0. The van der Waals surface area contributed by atoms with Crippen LogP contribution in [0.4, 0.5) is 0 Å². The van der Waals surface area contributed by atoms with Crippen LogP contribution in [0.1, 0.15) is 40.8 Å². The number of carbonyl (C=O) groups excluding carboxylic acids is 1. The molecule has 5 nitrogen and oxygen atoms in total. The quantitative estimate of drug-likeness (QED) is 0.710. The molecule has 3 heterocycles. The van der Waals surface area contributed by atoms with Gasteiger partial charge in [-0.05, 0) is 68.2 Å². The van der Waals surface area contributed by atoms with E-state index in [1.165, 1.54) is 16.5 Å². The van der Waals surface area contributed by atoms with Crippen LogP contribution < -0.4 is 5.56 Å². The van der Waals surface area contributed by atoms with Gasteiger partial charge in [0.2, 0.25) is 11.5 Å². The second-order valence-corrected chi connectivity index (χ2v) is 8.44. The van der Waals surface area contributed by atoms with E-state index in [4.69, 9.17) is 0 Å². The van der Waals surface area contributed by atoms with Gasteiger partial charge in [0.05, 0.1) is 6.42 Å². The number of pyridine rings is 1. The normalized spacial score (nSPS) is 15.2. The number of aryl methyl sites for hydroxylation is 3. The zero-order valence-corrected chi connectivity index (χ0v) is 17.5. The lowest BCUT2D eigenvalue weighted by Gasteiger charge is -2.32. The fraction of sp³-hybridized carbons (Fsp3) is 0.417. The largest absolute Gasteiger partial charge is 0.358 e. The Morgan fingerprint density at radius 1 is 1.07 bits per heavy atom. The molecule has 0 bridgehead atoms. The van der Waals surface area contributed by atoms with Gasteiger partial charge >= 0.3 is 0 Å². The minimum Gasteiger partial charge on any atom is -0.358 e. The molecule has 1 saturated heterocycles. The fourth-order valence-electron chi connectivity index (χ4n) is 4.58. The maximum atomic E-state index is 13.0. The molecule has 3 aromatic rings. The summed E-state index contributed by atoms with van der Waals surface area (Å²) in [4.78, 5) is 32.5. The summed E-state index contributed by atoms with van der Waals surface area (Å²) in [6.45, 7) is 7.91. The highest BCUT2D eigenvalue weighted by atomic mass is 16.2. The zero-order valence-electron chi connectivity index (χ0n) is 17.5. The van der Waals surface area contributed by atoms with Crippen LogP contribution >= 0.6 is 0 Å². The Morgan fingerprint density at radius 2 is 1.79 bits per heavy atom. The number of nitrogens with one attached hydrogen (secondary N) is 2. The van der Waals surface area contributed by atoms with Crippen LogP contribution in [0.25, 0.3) is 10.9 Å². The second kappa shape index (κ2) is 7.90. The van der Waals surface area contributed by atoms with E-state index >= 15 is 0 Å². The van der Waals surface area contributed by atoms with E-state index in [0.29, 0.717) is 12.3 Å². The molecule has 1 aromatic carbocycles. The highest BCUT2D eigenvalue weighted by molar-refractivity contribution is 5.93. The number of fused-ring (bicyclic) bond motifs is 1. The van der Waals surface area contributed by atoms with Gasteiger partial charge in [-0.15, -0.1) is 0 Å². The van der Waals surface area contributed by atoms with E-state index in [1.807, 2.05) is 17.2 Å². The summed E-state index contributed by atoms with van der Waals surface area (Å²) in [7, 11) is 0. The molecule has 0 aliphatic carbocycles. The minimum atomic E-state index is -0.0628. The van der Waals surface area contributed by atoms with E-state index in [0.717, 1.165) is 54.7 Å². The van der Waals surface area contributed by atoms with Crippen molar-refractivity contribution >= 4 is 16.8 Å². The van der Waals surface area contributed by atoms with E-state index in [2.05, 4.69) is 42.9 Å². The predicted molar refractivity (Wildman–Crippen MR) is 116 cm³/mol. The van der Waals surface area contributed by atoms with E-state index in [1.54, 1.807) is 6.07 Å². The summed E-state index contributed by atoms with van der Waals surface area (Å²) in [5, 5.41) is 1.21. The third-order valence-electron chi connectivity index (χ3n) is 6.36. The van der Waals surface area contributed by atoms with Crippen molar-refractivity contribution in [3.8, 4) is 0 Å². The van der Waals surface area contributed by atoms with Crippen molar-refractivity contribution in [2.45, 2.75) is 46.5 Å². The number of piperidine rings is 1. The smallest absolute Gasteiger partial charge is 0.247 e. The van der Waals surface area contributed by atoms with E-state index in [-0.39, 0.29) is 11.5 Å². The Bertz CT molecular complexity index is 1080. The number of hydrogen-bond donors (Lipinski definition) is 2. The van der Waals surface area contributed by atoms with Crippen LogP contribution in [0, 0.1) is 26.7 Å². The number of aromatic nitrogens is 2. The molecule has 0 radical (unpaired) electrons. The number of hydrogen-bond acceptors (Lipinski definition) is 2. The van der Waals surface area contributed by atoms with Crippen LogP contribution in [0.15, 0.2) is 35.3 Å². The molecule has 2 aromatic heterocycles. The van der Waals surface area contributed by atoms with Gasteiger partial charge in [-0.25, -0.2) is 0 Å². The van der Waals surface area contributed by atoms with Crippen molar-refractivity contribution in [3.05, 3.63) is 68.8 Å². The lowest BCUT2D eigenvalue weighted by Crippen LogP contribution is -2.39. The maximum Gasteiger partial charge on any atom is 0.247 e. The number of carbonyl (C=O) groups is 1. The SMILES string of the molecule is Cc1[nH]c2c(C)ccc(C)c2c1CC(=O)N1CCC(Cc2ccc(=O)[nH]c2)CC1. The Labute approximate surface area is 171 Å². The second-order valence-electron chi connectivity index (χ2n) is 8.44. The number of H-pyrrole nitrogens is 2. The van der Waals surface area contributed by atoms with Gasteiger partial charge in [-0.3, -0.25) is 9.59 Å². The lowest BCUT2D eigenvalue weighted by molar-refractivity contribution is -0.131. The summed E-state index contributed by atoms with van der Waals surface area (Å²) in [5.74, 6) is 0.780. The number of benzene rings is 1. The number of aromatic amines is 2. The first kappa shape index (κ1) is 19.5. The van der Waals surface area contributed by atoms with Crippen molar-refractivity contribution < 1.29 is 4.79 Å². The summed E-state index contributed by atoms with van der Waals surface area (Å²) in [6.07, 6.45) is 5.25. The summed E-state index contributed by atoms with van der Waals surface area (Å²) >= 11 is 0. The minimum absolute atomic E-state index is 0.0628. The molecule has 1 amide bonds. The number of nitrogens with zero attached hydrogens (tertiary/aromatic N) is 1. The molecule has 5 heteroatoms. The number of rotatable bonds is 4. The molecular formula is C24H29N3O2. The topological polar surface area (TPSA) is 69.0 Å². The van der Waals surface area contributed by atoms with Gasteiger partial charge in [0.25, 0.3) is 0 Å². The molecule has 0 spiro atoms. The number of likely N-dealkylation sites (tertiary alicyclic amines) is 1. The zero-order chi connectivity index (χ0) is 20.5. The molecular weight excluding hydrogens is 362 g/mol. The Morgan fingerprint density at radius 3 is 2.48 bits per heavy atom. The third-order valence-corrected chi connectivity index (χ3v) is 6.36. The van der Waals surface area contributed by atoms with Crippen LogP contribution in [0.3, 0.4) is 0 Å². The van der Waals surface area contributed by atoms with Crippen LogP contribution in [-0.4, -0.2) is 33.9 Å². The molecule has 29 heavy (non-hydrogen) atoms. The van der Waals surface area contributed by atoms with Gasteiger partial charge in [-0.1, -0.05) is 18.2 Å². The molecule has 1 aliphatic heterocycles. The van der Waals surface area contributed by atoms with Crippen LogP contribution in [0.5, 0.6) is 0 Å². The Kier molecular flexibility index (Phi) is 5.31.